The number of thiophene rings is 1. The van der Waals surface area contributed by atoms with Gasteiger partial charge in [0.15, 0.2) is 5.82 Å². The van der Waals surface area contributed by atoms with Gasteiger partial charge in [-0.3, -0.25) is 9.13 Å². The molecule has 16 rings (SSSR count). The van der Waals surface area contributed by atoms with Gasteiger partial charge < -0.3 is 9.13 Å². The lowest BCUT2D eigenvalue weighted by Gasteiger charge is -2.20. The Hall–Kier alpha value is -9.88. The summed E-state index contributed by atoms with van der Waals surface area (Å²) in [7, 11) is 0. The maximum Gasteiger partial charge on any atom is 0.240 e. The predicted molar refractivity (Wildman–Crippen MR) is 300 cm³/mol. The molecule has 0 radical (unpaired) electrons. The number of nitriles is 1. The minimum Gasteiger partial charge on any atom is -0.308 e. The topological polar surface area (TPSA) is 82.2 Å². The highest BCUT2D eigenvalue weighted by Gasteiger charge is 2.28. The number of fused-ring (bicyclic) bond motifs is 16. The van der Waals surface area contributed by atoms with E-state index >= 15 is 0 Å². The summed E-state index contributed by atoms with van der Waals surface area (Å²) in [6.07, 6.45) is 0. The first-order chi connectivity index (χ1) is 39.1. The van der Waals surface area contributed by atoms with E-state index in [0.717, 1.165) is 85.6 Å². The van der Waals surface area contributed by atoms with Gasteiger partial charge >= 0.3 is 0 Å². The summed E-state index contributed by atoms with van der Waals surface area (Å²) < 4.78 is 76.0. The molecule has 0 saturated heterocycles. The SMILES string of the molecule is [2H]c1c([2H])c([2H])c2c(c1[2H])c1c([2H])c(C#N)c([2H])c([2H])c1n2-c1cccc(-n2c3ccccc3c3ccc4sc5ccccc5c4c32)c1-c1nc(-n2c3ccccc3c3ccccc32)nc(-n2c3ccccc3c3ccccc32)n1. The van der Waals surface area contributed by atoms with Crippen LogP contribution in [0.5, 0.6) is 0 Å². The molecule has 9 heteroatoms. The molecule has 0 saturated carbocycles. The van der Waals surface area contributed by atoms with Crippen LogP contribution in [0.2, 0.25) is 0 Å². The van der Waals surface area contributed by atoms with Gasteiger partial charge in [0.2, 0.25) is 11.9 Å². The second-order valence-corrected chi connectivity index (χ2v) is 19.2. The molecule has 6 heterocycles. The highest BCUT2D eigenvalue weighted by atomic mass is 32.1. The quantitative estimate of drug-likeness (QED) is 0.172. The highest BCUT2D eigenvalue weighted by molar-refractivity contribution is 7.26. The van der Waals surface area contributed by atoms with Crippen molar-refractivity contribution in [1.29, 1.82) is 5.26 Å². The van der Waals surface area contributed by atoms with Crippen molar-refractivity contribution in [3.05, 3.63) is 224 Å². The molecule has 0 aliphatic carbocycles. The Morgan fingerprint density at radius 2 is 0.904 bits per heavy atom. The zero-order chi connectivity index (χ0) is 54.0. The zero-order valence-corrected chi connectivity index (χ0v) is 39.0. The van der Waals surface area contributed by atoms with Crippen molar-refractivity contribution in [2.24, 2.45) is 0 Å². The molecule has 0 atom stereocenters. The highest BCUT2D eigenvalue weighted by Crippen LogP contribution is 2.46. The van der Waals surface area contributed by atoms with Crippen LogP contribution < -0.4 is 0 Å². The average molecular weight is 956 g/mol. The van der Waals surface area contributed by atoms with E-state index in [1.54, 1.807) is 22.0 Å². The molecule has 0 fully saturated rings. The molecular formula is C64H36N8S. The lowest BCUT2D eigenvalue weighted by molar-refractivity contribution is 0.891. The molecule has 0 unspecified atom stereocenters. The summed E-state index contributed by atoms with van der Waals surface area (Å²) in [5, 5.41) is 18.3. The third-order valence-electron chi connectivity index (χ3n) is 14.3. The molecule has 10 aromatic carbocycles. The fourth-order valence-electron chi connectivity index (χ4n) is 11.4. The standard InChI is InChI=1S/C64H36N8S/c65-37-38-32-34-54-47(36-38)44-21-6-8-23-48(44)69(54)55-29-15-30-56(70-49-24-9-5-20-43(49)45-33-35-58-59(61(45)70)46-22-7-14-31-57(46)73-58)60(55)62-66-63(71-50-25-10-1-16-39(50)40-17-2-11-26-51(40)71)68-64(67-62)72-52-27-12-3-18-41(52)42-19-4-13-28-53(42)72/h1-36H/i6D,8D,21D,23D,32D,34D,36D. The Balaban J connectivity index is 1.16. The minimum atomic E-state index is -0.545. The van der Waals surface area contributed by atoms with E-state index in [9.17, 15) is 12.1 Å². The predicted octanol–water partition coefficient (Wildman–Crippen LogP) is 16.2. The van der Waals surface area contributed by atoms with Crippen LogP contribution in [0.15, 0.2) is 218 Å². The zero-order valence-electron chi connectivity index (χ0n) is 45.2. The van der Waals surface area contributed by atoms with Gasteiger partial charge in [-0.25, -0.2) is 0 Å². The third kappa shape index (κ3) is 5.55. The van der Waals surface area contributed by atoms with Crippen molar-refractivity contribution in [3.8, 4) is 40.7 Å². The van der Waals surface area contributed by atoms with Crippen LogP contribution >= 0.6 is 11.3 Å². The second-order valence-electron chi connectivity index (χ2n) is 18.1. The summed E-state index contributed by atoms with van der Waals surface area (Å²) in [5.74, 6) is 0.731. The number of aromatic nitrogens is 7. The molecule has 0 spiro atoms. The molecule has 338 valence electrons. The first-order valence-electron chi connectivity index (χ1n) is 27.3. The van der Waals surface area contributed by atoms with Crippen molar-refractivity contribution >= 4 is 119 Å². The van der Waals surface area contributed by atoms with Gasteiger partial charge in [-0.05, 0) is 78.8 Å². The lowest BCUT2D eigenvalue weighted by atomic mass is 10.1. The fraction of sp³-hybridized carbons (Fsp3) is 0. The summed E-state index contributed by atoms with van der Waals surface area (Å²) in [5.41, 5.74) is 5.91. The molecule has 73 heavy (non-hydrogen) atoms. The van der Waals surface area contributed by atoms with Crippen LogP contribution in [0.4, 0.5) is 0 Å². The van der Waals surface area contributed by atoms with Crippen LogP contribution in [-0.4, -0.2) is 33.2 Å². The summed E-state index contributed by atoms with van der Waals surface area (Å²) >= 11 is 1.70. The van der Waals surface area contributed by atoms with Gasteiger partial charge in [0.05, 0.1) is 82.3 Å². The van der Waals surface area contributed by atoms with Crippen molar-refractivity contribution in [1.82, 2.24) is 33.2 Å². The third-order valence-corrected chi connectivity index (χ3v) is 15.5. The Morgan fingerprint density at radius 3 is 1.51 bits per heavy atom. The van der Waals surface area contributed by atoms with E-state index in [1.807, 2.05) is 124 Å². The molecule has 0 aliphatic rings. The van der Waals surface area contributed by atoms with Gasteiger partial charge in [0.1, 0.15) is 0 Å². The Morgan fingerprint density at radius 1 is 0.397 bits per heavy atom. The monoisotopic (exact) mass is 955 g/mol. The van der Waals surface area contributed by atoms with Crippen molar-refractivity contribution in [2.45, 2.75) is 0 Å². The molecule has 8 nitrogen and oxygen atoms in total. The van der Waals surface area contributed by atoms with E-state index in [1.165, 1.54) is 0 Å². The van der Waals surface area contributed by atoms with Crippen LogP contribution in [0.1, 0.15) is 15.2 Å². The number of hydrogen-bond donors (Lipinski definition) is 0. The van der Waals surface area contributed by atoms with Crippen LogP contribution in [0.25, 0.3) is 142 Å². The average Bonchev–Trinajstić information content (AvgIpc) is 4.44. The first kappa shape index (κ1) is 33.6. The van der Waals surface area contributed by atoms with Crippen molar-refractivity contribution in [3.63, 3.8) is 0 Å². The van der Waals surface area contributed by atoms with Crippen LogP contribution in [0.3, 0.4) is 0 Å². The molecule has 0 N–H and O–H groups in total. The van der Waals surface area contributed by atoms with E-state index < -0.39 is 42.3 Å². The summed E-state index contributed by atoms with van der Waals surface area (Å²) in [6, 6.07) is 57.6. The maximum atomic E-state index is 10.4. The number of hydrogen-bond acceptors (Lipinski definition) is 5. The Bertz CT molecular complexity index is 5270. The molecule has 16 aromatic rings. The summed E-state index contributed by atoms with van der Waals surface area (Å²) in [4.78, 5) is 16.7. The molecule has 6 aromatic heterocycles. The number of nitrogens with zero attached hydrogens (tertiary/aromatic N) is 8. The number of rotatable bonds is 5. The number of benzene rings is 10. The van der Waals surface area contributed by atoms with Crippen molar-refractivity contribution in [2.75, 3.05) is 0 Å². The van der Waals surface area contributed by atoms with Gasteiger partial charge in [0.25, 0.3) is 0 Å². The van der Waals surface area contributed by atoms with E-state index in [4.69, 9.17) is 17.7 Å². The van der Waals surface area contributed by atoms with Crippen LogP contribution in [-0.2, 0) is 0 Å². The fourth-order valence-corrected chi connectivity index (χ4v) is 12.5. The maximum absolute atomic E-state index is 10.4. The Labute approximate surface area is 429 Å². The normalized spacial score (nSPS) is 13.4. The lowest BCUT2D eigenvalue weighted by Crippen LogP contribution is -2.12. The second kappa shape index (κ2) is 15.1. The van der Waals surface area contributed by atoms with E-state index in [0.29, 0.717) is 11.3 Å². The smallest absolute Gasteiger partial charge is 0.240 e. The van der Waals surface area contributed by atoms with E-state index in [-0.39, 0.29) is 50.8 Å². The molecule has 0 bridgehead atoms. The summed E-state index contributed by atoms with van der Waals surface area (Å²) in [6.45, 7) is 0. The van der Waals surface area contributed by atoms with Crippen LogP contribution in [0, 0.1) is 11.3 Å². The largest absolute Gasteiger partial charge is 0.308 e. The molecular weight excluding hydrogens is 913 g/mol. The van der Waals surface area contributed by atoms with Gasteiger partial charge in [-0.2, -0.15) is 20.2 Å². The van der Waals surface area contributed by atoms with Crippen molar-refractivity contribution < 1.29 is 9.60 Å². The molecule has 0 amide bonds. The van der Waals surface area contributed by atoms with Gasteiger partial charge in [-0.15, -0.1) is 11.3 Å². The minimum absolute atomic E-state index is 0.0476. The first-order valence-corrected chi connectivity index (χ1v) is 24.6. The molecule has 0 aliphatic heterocycles. The van der Waals surface area contributed by atoms with Gasteiger partial charge in [0, 0.05) is 63.3 Å². The Kier molecular flexibility index (Phi) is 6.94. The van der Waals surface area contributed by atoms with Gasteiger partial charge in [-0.1, -0.05) is 139 Å². The number of para-hydroxylation sites is 6. The van der Waals surface area contributed by atoms with E-state index in [2.05, 4.69) is 65.2 Å².